The van der Waals surface area contributed by atoms with Crippen LogP contribution < -0.4 is 16.0 Å². The van der Waals surface area contributed by atoms with E-state index in [0.717, 1.165) is 0 Å². The lowest BCUT2D eigenvalue weighted by Crippen LogP contribution is -2.19. The third-order valence-corrected chi connectivity index (χ3v) is 4.81. The van der Waals surface area contributed by atoms with E-state index in [0.29, 0.717) is 5.56 Å². The van der Waals surface area contributed by atoms with Gasteiger partial charge in [0.05, 0.1) is 21.4 Å². The molecule has 0 aliphatic rings. The SMILES string of the molecule is Cc1ccc(Cl)c(NS(=O)(=O)c2ncccc2NN)c1Cl. The predicted molar refractivity (Wildman–Crippen MR) is 84.1 cm³/mol. The van der Waals surface area contributed by atoms with Crippen molar-refractivity contribution in [3.63, 3.8) is 0 Å². The molecule has 112 valence electrons. The lowest BCUT2D eigenvalue weighted by molar-refractivity contribution is 0.598. The zero-order chi connectivity index (χ0) is 15.6. The maximum atomic E-state index is 12.4. The minimum atomic E-state index is -3.99. The first-order valence-electron chi connectivity index (χ1n) is 5.76. The molecule has 1 aromatic heterocycles. The summed E-state index contributed by atoms with van der Waals surface area (Å²) in [5.74, 6) is 5.29. The standard InChI is InChI=1S/C12H12Cl2N4O2S/c1-7-4-5-8(13)11(10(7)14)18-21(19,20)12-9(17-15)3-2-6-16-12/h2-6,17-18H,15H2,1H3. The highest BCUT2D eigenvalue weighted by molar-refractivity contribution is 7.92. The molecule has 0 bridgehead atoms. The molecule has 0 aliphatic heterocycles. The van der Waals surface area contributed by atoms with Gasteiger partial charge in [0.1, 0.15) is 0 Å². The summed E-state index contributed by atoms with van der Waals surface area (Å²) >= 11 is 12.1. The van der Waals surface area contributed by atoms with Gasteiger partial charge < -0.3 is 5.43 Å². The topological polar surface area (TPSA) is 97.1 Å². The van der Waals surface area contributed by atoms with Crippen molar-refractivity contribution in [3.05, 3.63) is 46.1 Å². The number of sulfonamides is 1. The van der Waals surface area contributed by atoms with Crippen molar-refractivity contribution in [2.24, 2.45) is 5.84 Å². The first-order valence-corrected chi connectivity index (χ1v) is 8.00. The molecule has 9 heteroatoms. The molecule has 0 saturated carbocycles. The van der Waals surface area contributed by atoms with Crippen molar-refractivity contribution in [3.8, 4) is 0 Å². The van der Waals surface area contributed by atoms with Crippen molar-refractivity contribution in [1.29, 1.82) is 0 Å². The molecule has 21 heavy (non-hydrogen) atoms. The summed E-state index contributed by atoms with van der Waals surface area (Å²) in [6, 6.07) is 6.29. The summed E-state index contributed by atoms with van der Waals surface area (Å²) in [6.45, 7) is 1.74. The summed E-state index contributed by atoms with van der Waals surface area (Å²) < 4.78 is 27.2. The Hall–Kier alpha value is -1.54. The number of rotatable bonds is 4. The molecule has 2 rings (SSSR count). The van der Waals surface area contributed by atoms with Crippen molar-refractivity contribution < 1.29 is 8.42 Å². The second kappa shape index (κ2) is 6.07. The minimum absolute atomic E-state index is 0.104. The van der Waals surface area contributed by atoms with Gasteiger partial charge in [-0.2, -0.15) is 8.42 Å². The van der Waals surface area contributed by atoms with Crippen LogP contribution in [0.2, 0.25) is 10.0 Å². The highest BCUT2D eigenvalue weighted by atomic mass is 35.5. The van der Waals surface area contributed by atoms with Gasteiger partial charge in [0.15, 0.2) is 0 Å². The monoisotopic (exact) mass is 346 g/mol. The van der Waals surface area contributed by atoms with E-state index in [1.807, 2.05) is 0 Å². The molecule has 0 spiro atoms. The Morgan fingerprint density at radius 2 is 1.95 bits per heavy atom. The quantitative estimate of drug-likeness (QED) is 0.584. The van der Waals surface area contributed by atoms with Crippen LogP contribution >= 0.6 is 23.2 Å². The van der Waals surface area contributed by atoms with Crippen LogP contribution in [0.4, 0.5) is 11.4 Å². The number of hydrogen-bond acceptors (Lipinski definition) is 5. The van der Waals surface area contributed by atoms with Gasteiger partial charge in [-0.15, -0.1) is 0 Å². The van der Waals surface area contributed by atoms with Crippen LogP contribution in [0.1, 0.15) is 5.56 Å². The maximum Gasteiger partial charge on any atom is 0.281 e. The molecule has 0 radical (unpaired) electrons. The summed E-state index contributed by atoms with van der Waals surface area (Å²) in [7, 11) is -3.99. The maximum absolute atomic E-state index is 12.4. The second-order valence-electron chi connectivity index (χ2n) is 4.16. The Morgan fingerprint density at radius 1 is 1.24 bits per heavy atom. The number of nitrogen functional groups attached to an aromatic ring is 1. The van der Waals surface area contributed by atoms with Crippen LogP contribution in [0.3, 0.4) is 0 Å². The Labute approximate surface area is 132 Å². The van der Waals surface area contributed by atoms with E-state index in [1.54, 1.807) is 25.1 Å². The van der Waals surface area contributed by atoms with Crippen LogP contribution in [-0.2, 0) is 10.0 Å². The number of anilines is 2. The fourth-order valence-electron chi connectivity index (χ4n) is 1.65. The zero-order valence-electron chi connectivity index (χ0n) is 10.9. The number of halogens is 2. The molecule has 4 N–H and O–H groups in total. The van der Waals surface area contributed by atoms with Crippen LogP contribution in [0.5, 0.6) is 0 Å². The molecule has 6 nitrogen and oxygen atoms in total. The van der Waals surface area contributed by atoms with Crippen molar-refractivity contribution in [1.82, 2.24) is 4.98 Å². The molecular weight excluding hydrogens is 335 g/mol. The smallest absolute Gasteiger partial charge is 0.281 e. The Kier molecular flexibility index (Phi) is 4.58. The van der Waals surface area contributed by atoms with Crippen LogP contribution in [-0.4, -0.2) is 13.4 Å². The molecule has 2 aromatic rings. The lowest BCUT2D eigenvalue weighted by atomic mass is 10.2. The number of aryl methyl sites for hydroxylation is 1. The Bertz CT molecular complexity index is 781. The van der Waals surface area contributed by atoms with E-state index in [-0.39, 0.29) is 26.4 Å². The van der Waals surface area contributed by atoms with E-state index < -0.39 is 10.0 Å². The van der Waals surface area contributed by atoms with Gasteiger partial charge in [0.2, 0.25) is 5.03 Å². The van der Waals surface area contributed by atoms with Gasteiger partial charge >= 0.3 is 0 Å². The number of aromatic nitrogens is 1. The molecular formula is C12H12Cl2N4O2S. The van der Waals surface area contributed by atoms with E-state index in [9.17, 15) is 8.42 Å². The van der Waals surface area contributed by atoms with Crippen molar-refractivity contribution >= 4 is 44.6 Å². The largest absolute Gasteiger partial charge is 0.321 e. The van der Waals surface area contributed by atoms with Crippen molar-refractivity contribution in [2.75, 3.05) is 10.1 Å². The lowest BCUT2D eigenvalue weighted by Gasteiger charge is -2.14. The number of nitrogens with one attached hydrogen (secondary N) is 2. The number of hydrazine groups is 1. The van der Waals surface area contributed by atoms with Gasteiger partial charge in [-0.05, 0) is 30.7 Å². The van der Waals surface area contributed by atoms with Gasteiger partial charge in [0.25, 0.3) is 10.0 Å². The average Bonchev–Trinajstić information content (AvgIpc) is 2.47. The van der Waals surface area contributed by atoms with E-state index in [1.165, 1.54) is 12.3 Å². The third kappa shape index (κ3) is 3.21. The number of nitrogens with two attached hydrogens (primary N) is 1. The fourth-order valence-corrected chi connectivity index (χ4v) is 3.42. The average molecular weight is 347 g/mol. The van der Waals surface area contributed by atoms with Gasteiger partial charge in [-0.1, -0.05) is 29.3 Å². The van der Waals surface area contributed by atoms with Crippen LogP contribution in [0.25, 0.3) is 0 Å². The summed E-state index contributed by atoms with van der Waals surface area (Å²) in [5.41, 5.74) is 3.23. The molecule has 1 aromatic carbocycles. The molecule has 0 aliphatic carbocycles. The summed E-state index contributed by atoms with van der Waals surface area (Å²) in [4.78, 5) is 3.82. The van der Waals surface area contributed by atoms with Crippen LogP contribution in [0, 0.1) is 6.92 Å². The number of pyridine rings is 1. The first-order chi connectivity index (χ1) is 9.86. The van der Waals surface area contributed by atoms with Gasteiger partial charge in [0, 0.05) is 6.20 Å². The second-order valence-corrected chi connectivity index (χ2v) is 6.54. The summed E-state index contributed by atoms with van der Waals surface area (Å²) in [6.07, 6.45) is 1.34. The van der Waals surface area contributed by atoms with Gasteiger partial charge in [-0.3, -0.25) is 10.6 Å². The summed E-state index contributed by atoms with van der Waals surface area (Å²) in [5, 5.41) is 0.165. The van der Waals surface area contributed by atoms with Crippen LogP contribution in [0.15, 0.2) is 35.5 Å². The molecule has 1 heterocycles. The molecule has 0 fully saturated rings. The number of hydrogen-bond donors (Lipinski definition) is 3. The molecule has 0 amide bonds. The Morgan fingerprint density at radius 3 is 2.62 bits per heavy atom. The van der Waals surface area contributed by atoms with Gasteiger partial charge in [-0.25, -0.2) is 4.98 Å². The van der Waals surface area contributed by atoms with E-state index >= 15 is 0 Å². The third-order valence-electron chi connectivity index (χ3n) is 2.70. The fraction of sp³-hybridized carbons (Fsp3) is 0.0833. The predicted octanol–water partition coefficient (Wildman–Crippen LogP) is 2.78. The van der Waals surface area contributed by atoms with E-state index in [2.05, 4.69) is 15.1 Å². The highest BCUT2D eigenvalue weighted by Gasteiger charge is 2.22. The first kappa shape index (κ1) is 15.8. The molecule has 0 saturated heterocycles. The number of nitrogens with zero attached hydrogens (tertiary/aromatic N) is 1. The normalized spacial score (nSPS) is 11.2. The highest BCUT2D eigenvalue weighted by Crippen LogP contribution is 2.34. The van der Waals surface area contributed by atoms with E-state index in [4.69, 9.17) is 29.0 Å². The minimum Gasteiger partial charge on any atom is -0.321 e. The molecule has 0 atom stereocenters. The van der Waals surface area contributed by atoms with Crippen molar-refractivity contribution in [2.45, 2.75) is 11.9 Å². The Balaban J connectivity index is 2.50. The zero-order valence-corrected chi connectivity index (χ0v) is 13.2. The number of benzene rings is 1. The molecule has 0 unspecified atom stereocenters.